The number of nitrogens with zero attached hydrogens (tertiary/aromatic N) is 2. The molecule has 0 spiro atoms. The van der Waals surface area contributed by atoms with E-state index in [4.69, 9.17) is 9.68 Å². The van der Waals surface area contributed by atoms with Crippen LogP contribution >= 0.6 is 0 Å². The van der Waals surface area contributed by atoms with Gasteiger partial charge in [-0.15, -0.1) is 23.3 Å². The average Bonchev–Trinajstić information content (AvgIpc) is 2.70. The van der Waals surface area contributed by atoms with Crippen molar-refractivity contribution in [2.24, 2.45) is 0 Å². The van der Waals surface area contributed by atoms with Crippen molar-refractivity contribution in [2.45, 2.75) is 13.1 Å². The first-order valence-electron chi connectivity index (χ1n) is 8.86. The highest BCUT2D eigenvalue weighted by atomic mass is 16.8. The van der Waals surface area contributed by atoms with E-state index in [1.54, 1.807) is 12.2 Å². The maximum Gasteiger partial charge on any atom is 0.438 e. The Morgan fingerprint density at radius 1 is 0.714 bits per heavy atom. The van der Waals surface area contributed by atoms with E-state index in [1.807, 2.05) is 60.7 Å². The molecule has 2 aromatic rings. The van der Waals surface area contributed by atoms with E-state index in [2.05, 4.69) is 13.2 Å². The molecule has 2 aromatic carbocycles. The van der Waals surface area contributed by atoms with Crippen molar-refractivity contribution in [3.8, 4) is 0 Å². The average molecular weight is 380 g/mol. The maximum atomic E-state index is 12.2. The molecule has 6 nitrogen and oxygen atoms in total. The van der Waals surface area contributed by atoms with E-state index < -0.39 is 11.9 Å². The van der Waals surface area contributed by atoms with Gasteiger partial charge in [0.2, 0.25) is 0 Å². The van der Waals surface area contributed by atoms with Crippen LogP contribution in [-0.2, 0) is 32.4 Å². The highest BCUT2D eigenvalue weighted by Gasteiger charge is 2.24. The molecule has 6 heteroatoms. The predicted molar refractivity (Wildman–Crippen MR) is 106 cm³/mol. The smallest absolute Gasteiger partial charge is 0.358 e. The fourth-order valence-corrected chi connectivity index (χ4v) is 2.44. The third-order valence-electron chi connectivity index (χ3n) is 3.66. The van der Waals surface area contributed by atoms with Gasteiger partial charge in [0.25, 0.3) is 0 Å². The van der Waals surface area contributed by atoms with Gasteiger partial charge in [0.15, 0.2) is 0 Å². The lowest BCUT2D eigenvalue weighted by atomic mass is 10.2. The predicted octanol–water partition coefficient (Wildman–Crippen LogP) is 3.28. The van der Waals surface area contributed by atoms with E-state index in [9.17, 15) is 9.59 Å². The number of rotatable bonds is 10. The lowest BCUT2D eigenvalue weighted by Crippen LogP contribution is -2.36. The van der Waals surface area contributed by atoms with Crippen LogP contribution in [0, 0.1) is 0 Å². The minimum Gasteiger partial charge on any atom is -0.358 e. The third kappa shape index (κ3) is 7.19. The number of carbonyl (C=O) groups is 2. The van der Waals surface area contributed by atoms with E-state index in [0.717, 1.165) is 11.1 Å². The van der Waals surface area contributed by atoms with E-state index in [-0.39, 0.29) is 13.1 Å². The molecule has 0 aliphatic carbocycles. The molecule has 0 bridgehead atoms. The lowest BCUT2D eigenvalue weighted by Gasteiger charge is -2.22. The van der Waals surface area contributed by atoms with Crippen LogP contribution in [0.4, 0.5) is 0 Å². The third-order valence-corrected chi connectivity index (χ3v) is 3.66. The Balaban J connectivity index is 1.95. The summed E-state index contributed by atoms with van der Waals surface area (Å²) in [4.78, 5) is 34.7. The second kappa shape index (κ2) is 11.5. The summed E-state index contributed by atoms with van der Waals surface area (Å²) in [6.45, 7) is 8.49. The maximum absolute atomic E-state index is 12.2. The van der Waals surface area contributed by atoms with Gasteiger partial charge in [0.1, 0.15) is 0 Å². The molecule has 0 saturated carbocycles. The number of hydrogen-bond donors (Lipinski definition) is 0. The monoisotopic (exact) mass is 380 g/mol. The molecule has 0 unspecified atom stereocenters. The van der Waals surface area contributed by atoms with Crippen LogP contribution in [0.1, 0.15) is 11.1 Å². The highest BCUT2D eigenvalue weighted by molar-refractivity contribution is 6.29. The summed E-state index contributed by atoms with van der Waals surface area (Å²) in [6.07, 6.45) is 3.17. The standard InChI is InChI=1S/C22H24N2O4/c1-3-15-23(17-19-11-7-5-8-12-19)27-21(25)22(26)28-24(16-4-2)18-20-13-9-6-10-14-20/h3-14H,1-2,15-18H2. The van der Waals surface area contributed by atoms with Crippen LogP contribution in [0.5, 0.6) is 0 Å². The minimum absolute atomic E-state index is 0.272. The van der Waals surface area contributed by atoms with Crippen molar-refractivity contribution >= 4 is 11.9 Å². The Morgan fingerprint density at radius 2 is 1.07 bits per heavy atom. The van der Waals surface area contributed by atoms with Gasteiger partial charge in [-0.2, -0.15) is 0 Å². The summed E-state index contributed by atoms with van der Waals surface area (Å²) in [7, 11) is 0. The minimum atomic E-state index is -1.10. The van der Waals surface area contributed by atoms with Gasteiger partial charge in [0, 0.05) is 0 Å². The van der Waals surface area contributed by atoms with Crippen molar-refractivity contribution in [1.29, 1.82) is 0 Å². The molecule has 0 saturated heterocycles. The molecule has 0 N–H and O–H groups in total. The van der Waals surface area contributed by atoms with Crippen molar-refractivity contribution in [3.63, 3.8) is 0 Å². The summed E-state index contributed by atoms with van der Waals surface area (Å²) in [5.74, 6) is -2.19. The van der Waals surface area contributed by atoms with Crippen LogP contribution in [-0.4, -0.2) is 35.2 Å². The van der Waals surface area contributed by atoms with Gasteiger partial charge in [-0.1, -0.05) is 72.8 Å². The zero-order valence-corrected chi connectivity index (χ0v) is 15.7. The van der Waals surface area contributed by atoms with Crippen molar-refractivity contribution < 1.29 is 19.3 Å². The highest BCUT2D eigenvalue weighted by Crippen LogP contribution is 2.08. The van der Waals surface area contributed by atoms with Crippen LogP contribution in [0.15, 0.2) is 86.0 Å². The van der Waals surface area contributed by atoms with Crippen LogP contribution in [0.3, 0.4) is 0 Å². The fourth-order valence-electron chi connectivity index (χ4n) is 2.44. The zero-order valence-electron chi connectivity index (χ0n) is 15.7. The molecule has 0 fully saturated rings. The van der Waals surface area contributed by atoms with Crippen LogP contribution < -0.4 is 0 Å². The topological polar surface area (TPSA) is 59.1 Å². The molecule has 2 rings (SSSR count). The Hall–Kier alpha value is -3.22. The molecular formula is C22H24N2O4. The summed E-state index contributed by atoms with van der Waals surface area (Å²) in [5.41, 5.74) is 1.87. The summed E-state index contributed by atoms with van der Waals surface area (Å²) < 4.78 is 0. The van der Waals surface area contributed by atoms with Gasteiger partial charge in [-0.3, -0.25) is 0 Å². The molecule has 0 aromatic heterocycles. The second-order valence-corrected chi connectivity index (χ2v) is 5.95. The van der Waals surface area contributed by atoms with E-state index in [0.29, 0.717) is 13.1 Å². The number of hydrogen-bond acceptors (Lipinski definition) is 6. The molecule has 28 heavy (non-hydrogen) atoms. The molecule has 0 amide bonds. The van der Waals surface area contributed by atoms with E-state index >= 15 is 0 Å². The van der Waals surface area contributed by atoms with Crippen molar-refractivity contribution in [1.82, 2.24) is 10.1 Å². The summed E-state index contributed by atoms with van der Waals surface area (Å²) in [6, 6.07) is 18.9. The molecule has 0 aliphatic heterocycles. The fraction of sp³-hybridized carbons (Fsp3) is 0.182. The summed E-state index contributed by atoms with van der Waals surface area (Å²) >= 11 is 0. The van der Waals surface area contributed by atoms with Crippen LogP contribution in [0.25, 0.3) is 0 Å². The molecule has 146 valence electrons. The largest absolute Gasteiger partial charge is 0.438 e. The van der Waals surface area contributed by atoms with Gasteiger partial charge >= 0.3 is 11.9 Å². The van der Waals surface area contributed by atoms with E-state index in [1.165, 1.54) is 10.1 Å². The first kappa shape index (κ1) is 21.1. The van der Waals surface area contributed by atoms with Gasteiger partial charge in [-0.25, -0.2) is 9.59 Å². The molecule has 0 aliphatic rings. The molecule has 0 atom stereocenters. The molecular weight excluding hydrogens is 356 g/mol. The first-order chi connectivity index (χ1) is 13.6. The molecule has 0 heterocycles. The normalized spacial score (nSPS) is 10.5. The second-order valence-electron chi connectivity index (χ2n) is 5.95. The SMILES string of the molecule is C=CCN(Cc1ccccc1)OC(=O)C(=O)ON(CC=C)Cc1ccccc1. The lowest BCUT2D eigenvalue weighted by molar-refractivity contribution is -0.218. The van der Waals surface area contributed by atoms with Gasteiger partial charge < -0.3 is 9.68 Å². The van der Waals surface area contributed by atoms with Crippen molar-refractivity contribution in [2.75, 3.05) is 13.1 Å². The van der Waals surface area contributed by atoms with Crippen molar-refractivity contribution in [3.05, 3.63) is 97.1 Å². The Bertz CT molecular complexity index is 710. The number of benzene rings is 2. The first-order valence-corrected chi connectivity index (χ1v) is 8.86. The Morgan fingerprint density at radius 3 is 1.39 bits per heavy atom. The Kier molecular flexibility index (Phi) is 8.65. The number of carbonyl (C=O) groups excluding carboxylic acids is 2. The Labute approximate surface area is 165 Å². The van der Waals surface area contributed by atoms with Crippen LogP contribution in [0.2, 0.25) is 0 Å². The molecule has 0 radical (unpaired) electrons. The van der Waals surface area contributed by atoms with Gasteiger partial charge in [0.05, 0.1) is 26.2 Å². The number of hydroxylamine groups is 4. The quantitative estimate of drug-likeness (QED) is 0.358. The zero-order chi connectivity index (χ0) is 20.2. The van der Waals surface area contributed by atoms with Gasteiger partial charge in [-0.05, 0) is 11.1 Å². The summed E-state index contributed by atoms with van der Waals surface area (Å²) in [5, 5.41) is 2.70.